The third-order valence-electron chi connectivity index (χ3n) is 5.83. The number of carbonyl (C=O) groups is 1. The zero-order chi connectivity index (χ0) is 16.1. The molecule has 3 aliphatic heterocycles. The van der Waals surface area contributed by atoms with Gasteiger partial charge in [0.25, 0.3) is 5.91 Å². The van der Waals surface area contributed by atoms with Crippen LogP contribution < -0.4 is 5.32 Å². The second-order valence-corrected chi connectivity index (χ2v) is 8.54. The summed E-state index contributed by atoms with van der Waals surface area (Å²) in [5.74, 6) is 2.26. The van der Waals surface area contributed by atoms with Gasteiger partial charge in [0.05, 0.1) is 15.4 Å². The number of hydrogen-bond donors (Lipinski definition) is 1. The Morgan fingerprint density at radius 1 is 1.12 bits per heavy atom. The second kappa shape index (κ2) is 5.67. The van der Waals surface area contributed by atoms with Crippen LogP contribution in [0.15, 0.2) is 36.5 Å². The van der Waals surface area contributed by atoms with Gasteiger partial charge in [0.2, 0.25) is 0 Å². The van der Waals surface area contributed by atoms with Crippen molar-refractivity contribution in [3.05, 3.63) is 41.4 Å². The molecule has 6 rings (SSSR count). The minimum Gasteiger partial charge on any atom is -0.348 e. The largest absolute Gasteiger partial charge is 0.348 e. The molecule has 2 aromatic heterocycles. The number of carbonyl (C=O) groups excluding carboxylic acids is 1. The summed E-state index contributed by atoms with van der Waals surface area (Å²) < 4.78 is 0. The Morgan fingerprint density at radius 2 is 1.96 bits per heavy atom. The lowest BCUT2D eigenvalue weighted by molar-refractivity contribution is -0.0418. The number of nitrogens with zero attached hydrogens (tertiary/aromatic N) is 2. The molecule has 4 fully saturated rings. The topological polar surface area (TPSA) is 45.2 Å². The third-order valence-corrected chi connectivity index (χ3v) is 6.94. The number of piperidine rings is 3. The van der Waals surface area contributed by atoms with Crippen LogP contribution in [0.5, 0.6) is 0 Å². The zero-order valence-corrected chi connectivity index (χ0v) is 14.3. The lowest BCUT2D eigenvalue weighted by Crippen LogP contribution is -2.64. The normalized spacial score (nSPS) is 33.6. The van der Waals surface area contributed by atoms with Crippen LogP contribution in [0.1, 0.15) is 22.5 Å². The van der Waals surface area contributed by atoms with Crippen LogP contribution in [0.25, 0.3) is 10.6 Å². The molecule has 5 heterocycles. The van der Waals surface area contributed by atoms with Gasteiger partial charge in [0.15, 0.2) is 0 Å². The summed E-state index contributed by atoms with van der Waals surface area (Å²) in [6.07, 6.45) is 4.38. The van der Waals surface area contributed by atoms with Crippen molar-refractivity contribution >= 4 is 17.2 Å². The molecule has 4 bridgehead atoms. The number of aromatic nitrogens is 1. The molecule has 2 atom stereocenters. The van der Waals surface area contributed by atoms with Gasteiger partial charge in [-0.05, 0) is 54.9 Å². The smallest absolute Gasteiger partial charge is 0.261 e. The lowest BCUT2D eigenvalue weighted by atomic mass is 9.65. The molecule has 1 N–H and O–H groups in total. The first-order valence-electron chi connectivity index (χ1n) is 8.81. The molecule has 1 saturated carbocycles. The van der Waals surface area contributed by atoms with E-state index in [1.165, 1.54) is 43.8 Å². The maximum atomic E-state index is 12.7. The van der Waals surface area contributed by atoms with E-state index in [0.717, 1.165) is 21.4 Å². The number of amides is 1. The van der Waals surface area contributed by atoms with Gasteiger partial charge in [-0.3, -0.25) is 9.78 Å². The van der Waals surface area contributed by atoms with Gasteiger partial charge >= 0.3 is 0 Å². The Labute approximate surface area is 145 Å². The second-order valence-electron chi connectivity index (χ2n) is 7.45. The Bertz CT molecular complexity index is 729. The first kappa shape index (κ1) is 14.6. The van der Waals surface area contributed by atoms with E-state index in [4.69, 9.17) is 0 Å². The number of hydrogen-bond acceptors (Lipinski definition) is 4. The van der Waals surface area contributed by atoms with E-state index in [0.29, 0.717) is 17.9 Å². The average Bonchev–Trinajstić information content (AvgIpc) is 3.08. The summed E-state index contributed by atoms with van der Waals surface area (Å²) in [5, 5.41) is 3.37. The number of rotatable bonds is 3. The van der Waals surface area contributed by atoms with Crippen molar-refractivity contribution in [3.63, 3.8) is 0 Å². The Kier molecular flexibility index (Phi) is 3.45. The molecule has 4 aliphatic rings. The molecule has 2 aromatic rings. The molecule has 5 heteroatoms. The fourth-order valence-electron chi connectivity index (χ4n) is 4.97. The van der Waals surface area contributed by atoms with E-state index in [1.54, 1.807) is 6.20 Å². The molecule has 1 aliphatic carbocycles. The summed E-state index contributed by atoms with van der Waals surface area (Å²) in [7, 11) is 0. The van der Waals surface area contributed by atoms with Crippen LogP contribution in [0.3, 0.4) is 0 Å². The monoisotopic (exact) mass is 339 g/mol. The first-order chi connectivity index (χ1) is 11.8. The molecule has 0 radical (unpaired) electrons. The third kappa shape index (κ3) is 2.47. The lowest BCUT2D eigenvalue weighted by Gasteiger charge is -2.55. The minimum atomic E-state index is 0.0923. The van der Waals surface area contributed by atoms with E-state index in [-0.39, 0.29) is 5.91 Å². The quantitative estimate of drug-likeness (QED) is 0.935. The van der Waals surface area contributed by atoms with Gasteiger partial charge in [0, 0.05) is 31.9 Å². The van der Waals surface area contributed by atoms with Crippen molar-refractivity contribution in [1.29, 1.82) is 0 Å². The highest BCUT2D eigenvalue weighted by Gasteiger charge is 2.47. The number of thiophene rings is 1. The van der Waals surface area contributed by atoms with Crippen molar-refractivity contribution in [3.8, 4) is 10.6 Å². The molecule has 0 aromatic carbocycles. The highest BCUT2D eigenvalue weighted by atomic mass is 32.1. The van der Waals surface area contributed by atoms with Gasteiger partial charge in [-0.2, -0.15) is 0 Å². The predicted octanol–water partition coefficient (Wildman–Crippen LogP) is 2.88. The van der Waals surface area contributed by atoms with Gasteiger partial charge in [-0.25, -0.2) is 0 Å². The van der Waals surface area contributed by atoms with Crippen molar-refractivity contribution < 1.29 is 4.79 Å². The van der Waals surface area contributed by atoms with E-state index in [2.05, 4.69) is 15.2 Å². The van der Waals surface area contributed by atoms with Crippen LogP contribution >= 0.6 is 11.3 Å². The van der Waals surface area contributed by atoms with Crippen LogP contribution in [-0.4, -0.2) is 41.5 Å². The maximum Gasteiger partial charge on any atom is 0.261 e. The number of nitrogens with one attached hydrogen (secondary N) is 1. The fraction of sp³-hybridized carbons (Fsp3) is 0.474. The highest BCUT2D eigenvalue weighted by Crippen LogP contribution is 2.43. The van der Waals surface area contributed by atoms with E-state index in [9.17, 15) is 4.79 Å². The highest BCUT2D eigenvalue weighted by molar-refractivity contribution is 7.17. The molecule has 0 unspecified atom stereocenters. The molecule has 4 nitrogen and oxygen atoms in total. The maximum absolute atomic E-state index is 12.7. The van der Waals surface area contributed by atoms with Crippen LogP contribution in [-0.2, 0) is 0 Å². The molecule has 3 saturated heterocycles. The van der Waals surface area contributed by atoms with Crippen molar-refractivity contribution in [2.45, 2.75) is 18.9 Å². The zero-order valence-electron chi connectivity index (χ0n) is 13.5. The number of pyridine rings is 1. The van der Waals surface area contributed by atoms with Crippen molar-refractivity contribution in [2.24, 2.45) is 17.8 Å². The first-order valence-corrected chi connectivity index (χ1v) is 9.62. The van der Waals surface area contributed by atoms with Gasteiger partial charge in [-0.15, -0.1) is 11.3 Å². The van der Waals surface area contributed by atoms with Gasteiger partial charge in [0.1, 0.15) is 0 Å². The van der Waals surface area contributed by atoms with E-state index >= 15 is 0 Å². The molecule has 124 valence electrons. The Balaban J connectivity index is 1.32. The summed E-state index contributed by atoms with van der Waals surface area (Å²) in [6, 6.07) is 10.2. The molecule has 0 spiro atoms. The summed E-state index contributed by atoms with van der Waals surface area (Å²) >= 11 is 1.54. The van der Waals surface area contributed by atoms with Crippen molar-refractivity contribution in [1.82, 2.24) is 15.2 Å². The standard InChI is InChI=1S/C19H21N3OS/c23-19(17-5-4-16(24-17)15-3-1-2-6-20-15)21-18-13-7-12-8-14(18)11-22(9-12)10-13/h1-6,12-14,18H,7-11H2,(H,21,23)/t12?,13-,14-,18?/m1/s1. The van der Waals surface area contributed by atoms with E-state index < -0.39 is 0 Å². The summed E-state index contributed by atoms with van der Waals surface area (Å²) in [5.41, 5.74) is 0.934. The summed E-state index contributed by atoms with van der Waals surface area (Å²) in [6.45, 7) is 3.62. The predicted molar refractivity (Wildman–Crippen MR) is 94.9 cm³/mol. The van der Waals surface area contributed by atoms with Crippen molar-refractivity contribution in [2.75, 3.05) is 19.6 Å². The molecular formula is C19H21N3OS. The minimum absolute atomic E-state index is 0.0923. The Hall–Kier alpha value is -1.72. The molecule has 24 heavy (non-hydrogen) atoms. The fourth-order valence-corrected chi connectivity index (χ4v) is 5.86. The molecular weight excluding hydrogens is 318 g/mol. The van der Waals surface area contributed by atoms with E-state index in [1.807, 2.05) is 30.3 Å². The van der Waals surface area contributed by atoms with Gasteiger partial charge in [-0.1, -0.05) is 6.07 Å². The SMILES string of the molecule is O=C(NC1[C@@H]2CC3C[C@@H]1CN(C3)C2)c1ccc(-c2ccccn2)s1. The van der Waals surface area contributed by atoms with Crippen LogP contribution in [0, 0.1) is 17.8 Å². The van der Waals surface area contributed by atoms with Crippen LogP contribution in [0.2, 0.25) is 0 Å². The average molecular weight is 339 g/mol. The molecule has 1 amide bonds. The van der Waals surface area contributed by atoms with Gasteiger partial charge < -0.3 is 10.2 Å². The summed E-state index contributed by atoms with van der Waals surface area (Å²) in [4.78, 5) is 21.6. The van der Waals surface area contributed by atoms with Crippen LogP contribution in [0.4, 0.5) is 0 Å². The Morgan fingerprint density at radius 3 is 2.67 bits per heavy atom.